The molecule has 0 aliphatic carbocycles. The lowest BCUT2D eigenvalue weighted by Gasteiger charge is -2.17. The Kier molecular flexibility index (Phi) is 10.3. The van der Waals surface area contributed by atoms with Crippen molar-refractivity contribution in [2.45, 2.75) is 59.0 Å². The number of hydrogen-bond donors (Lipinski definition) is 3. The monoisotopic (exact) mass is 566 g/mol. The predicted molar refractivity (Wildman–Crippen MR) is 154 cm³/mol. The van der Waals surface area contributed by atoms with Gasteiger partial charge in [-0.25, -0.2) is 19.7 Å². The first-order valence-electron chi connectivity index (χ1n) is 13.3. The molecule has 3 rings (SSSR count). The van der Waals surface area contributed by atoms with Gasteiger partial charge in [0, 0.05) is 20.3 Å². The van der Waals surface area contributed by atoms with E-state index < -0.39 is 23.6 Å². The quantitative estimate of drug-likeness (QED) is 0.298. The van der Waals surface area contributed by atoms with Crippen LogP contribution in [0.5, 0.6) is 0 Å². The van der Waals surface area contributed by atoms with Crippen molar-refractivity contribution in [2.75, 3.05) is 26.5 Å². The summed E-state index contributed by atoms with van der Waals surface area (Å²) in [4.78, 5) is 67.8. The third-order valence-electron chi connectivity index (χ3n) is 6.23. The molecular formula is C28H38N8O5. The van der Waals surface area contributed by atoms with Gasteiger partial charge in [0.25, 0.3) is 5.56 Å². The van der Waals surface area contributed by atoms with Crippen LogP contribution in [-0.4, -0.2) is 74.6 Å². The molecule has 0 radical (unpaired) electrons. The van der Waals surface area contributed by atoms with Crippen LogP contribution in [0.25, 0.3) is 11.2 Å². The number of carbonyl (C=O) groups is 3. The number of amides is 3. The minimum Gasteiger partial charge on any atom is -0.453 e. The molecule has 1 unspecified atom stereocenters. The number of hydrogen-bond acceptors (Lipinski definition) is 8. The van der Waals surface area contributed by atoms with Crippen LogP contribution in [0.2, 0.25) is 0 Å². The number of nitrogens with zero attached hydrogens (tertiary/aromatic N) is 5. The van der Waals surface area contributed by atoms with Crippen molar-refractivity contribution in [3.63, 3.8) is 0 Å². The van der Waals surface area contributed by atoms with Crippen molar-refractivity contribution in [3.05, 3.63) is 58.7 Å². The van der Waals surface area contributed by atoms with E-state index >= 15 is 0 Å². The van der Waals surface area contributed by atoms with Crippen LogP contribution in [0, 0.1) is 5.41 Å². The highest BCUT2D eigenvalue weighted by Crippen LogP contribution is 2.23. The Hall–Kier alpha value is -4.55. The maximum atomic E-state index is 13.2. The fourth-order valence-corrected chi connectivity index (χ4v) is 3.88. The highest BCUT2D eigenvalue weighted by molar-refractivity contribution is 5.96. The van der Waals surface area contributed by atoms with Crippen LogP contribution in [0.1, 0.15) is 51.6 Å². The van der Waals surface area contributed by atoms with E-state index in [-0.39, 0.29) is 30.0 Å². The van der Waals surface area contributed by atoms with Crippen LogP contribution in [0.4, 0.5) is 10.5 Å². The Labute approximate surface area is 238 Å². The molecule has 3 aromatic heterocycles. The van der Waals surface area contributed by atoms with Gasteiger partial charge in [-0.1, -0.05) is 26.8 Å². The summed E-state index contributed by atoms with van der Waals surface area (Å²) in [5.74, 6) is -0.276. The summed E-state index contributed by atoms with van der Waals surface area (Å²) in [6, 6.07) is 2.11. The second-order valence-corrected chi connectivity index (χ2v) is 11.0. The molecule has 0 spiro atoms. The maximum absolute atomic E-state index is 13.2. The molecule has 0 aliphatic rings. The first-order valence-corrected chi connectivity index (χ1v) is 13.3. The number of rotatable bonds is 11. The van der Waals surface area contributed by atoms with Crippen LogP contribution in [0.3, 0.4) is 0 Å². The number of fused-ring (bicyclic) bond motifs is 1. The minimum atomic E-state index is -1.00. The van der Waals surface area contributed by atoms with Crippen molar-refractivity contribution in [3.8, 4) is 0 Å². The molecule has 0 bridgehead atoms. The molecule has 0 saturated carbocycles. The zero-order chi connectivity index (χ0) is 30.2. The van der Waals surface area contributed by atoms with Gasteiger partial charge >= 0.3 is 6.09 Å². The van der Waals surface area contributed by atoms with Gasteiger partial charge in [-0.05, 0) is 49.3 Å². The first kappa shape index (κ1) is 31.0. The van der Waals surface area contributed by atoms with E-state index in [1.807, 2.05) is 0 Å². The molecule has 3 N–H and O–H groups in total. The van der Waals surface area contributed by atoms with Crippen molar-refractivity contribution in [1.82, 2.24) is 34.7 Å². The Bertz CT molecular complexity index is 1470. The number of aryl methyl sites for hydroxylation is 1. The zero-order valence-corrected chi connectivity index (χ0v) is 24.4. The summed E-state index contributed by atoms with van der Waals surface area (Å²) in [7, 11) is 4.44. The fraction of sp³-hybridized carbons (Fsp3) is 0.464. The lowest BCUT2D eigenvalue weighted by atomic mass is 9.90. The SMILES string of the molecule is COC(=O)NC(CC/C=C/C(=O)N(C)C)C(=O)Nc1cccn(Cc2nc3c(CCC(C)(C)C)ncnc3[nH]2)c1=O. The van der Waals surface area contributed by atoms with Crippen molar-refractivity contribution in [1.29, 1.82) is 0 Å². The normalized spacial score (nSPS) is 12.3. The number of allylic oxidation sites excluding steroid dienone is 1. The predicted octanol–water partition coefficient (Wildman–Crippen LogP) is 2.63. The molecule has 0 aromatic carbocycles. The highest BCUT2D eigenvalue weighted by Gasteiger charge is 2.22. The van der Waals surface area contributed by atoms with Gasteiger partial charge in [0.2, 0.25) is 11.8 Å². The van der Waals surface area contributed by atoms with Gasteiger partial charge in [0.15, 0.2) is 5.65 Å². The number of alkyl carbamates (subject to hydrolysis) is 1. The van der Waals surface area contributed by atoms with E-state index in [1.54, 1.807) is 32.4 Å². The van der Waals surface area contributed by atoms with Gasteiger partial charge < -0.3 is 29.8 Å². The largest absolute Gasteiger partial charge is 0.453 e. The van der Waals surface area contributed by atoms with Gasteiger partial charge in [-0.15, -0.1) is 0 Å². The Morgan fingerprint density at radius 3 is 2.66 bits per heavy atom. The molecule has 0 fully saturated rings. The number of pyridine rings is 1. The number of H-pyrrole nitrogens is 1. The average molecular weight is 567 g/mol. The number of carbonyl (C=O) groups excluding carboxylic acids is 3. The number of anilines is 1. The molecule has 41 heavy (non-hydrogen) atoms. The van der Waals surface area contributed by atoms with Crippen molar-refractivity contribution >= 4 is 34.8 Å². The molecule has 3 aromatic rings. The highest BCUT2D eigenvalue weighted by atomic mass is 16.5. The molecule has 3 amide bonds. The van der Waals surface area contributed by atoms with Crippen LogP contribution in [0.15, 0.2) is 41.6 Å². The molecule has 1 atom stereocenters. The summed E-state index contributed by atoms with van der Waals surface area (Å²) in [6.07, 6.45) is 7.48. The van der Waals surface area contributed by atoms with Crippen LogP contribution < -0.4 is 16.2 Å². The van der Waals surface area contributed by atoms with Crippen molar-refractivity contribution in [2.24, 2.45) is 5.41 Å². The standard InChI is InChI=1S/C28H38N8O5/c1-28(2,3)14-13-18-23-24(30-17-29-18)34-21(33-23)16-36-15-9-11-20(26(36)39)31-25(38)19(32-27(40)41-6)10-7-8-12-22(37)35(4)5/h8-9,11-12,15,17,19H,7,10,13-14,16H2,1-6H3,(H,31,38)(H,32,40)(H,29,30,33,34)/b12-8+. The summed E-state index contributed by atoms with van der Waals surface area (Å²) in [5, 5.41) is 5.08. The minimum absolute atomic E-state index is 0.0364. The number of imidazole rings is 1. The van der Waals surface area contributed by atoms with Gasteiger partial charge in [0.1, 0.15) is 29.4 Å². The summed E-state index contributed by atoms with van der Waals surface area (Å²) >= 11 is 0. The fourth-order valence-electron chi connectivity index (χ4n) is 3.88. The zero-order valence-electron chi connectivity index (χ0n) is 24.4. The number of likely N-dealkylation sites (N-methyl/N-ethyl adjacent to an activating group) is 1. The molecule has 13 heteroatoms. The van der Waals surface area contributed by atoms with Gasteiger partial charge in [0.05, 0.1) is 19.3 Å². The lowest BCUT2D eigenvalue weighted by Crippen LogP contribution is -2.44. The molecule has 3 heterocycles. The average Bonchev–Trinajstić information content (AvgIpc) is 3.33. The van der Waals surface area contributed by atoms with E-state index in [0.29, 0.717) is 23.4 Å². The van der Waals surface area contributed by atoms with E-state index in [9.17, 15) is 19.2 Å². The topological polar surface area (TPSA) is 164 Å². The van der Waals surface area contributed by atoms with Crippen LogP contribution in [-0.2, 0) is 27.3 Å². The Morgan fingerprint density at radius 1 is 1.22 bits per heavy atom. The van der Waals surface area contributed by atoms with E-state index in [4.69, 9.17) is 0 Å². The maximum Gasteiger partial charge on any atom is 0.407 e. The number of nitrogens with one attached hydrogen (secondary N) is 3. The Balaban J connectivity index is 1.75. The number of ether oxygens (including phenoxy) is 1. The van der Waals surface area contributed by atoms with Crippen molar-refractivity contribution < 1.29 is 19.1 Å². The van der Waals surface area contributed by atoms with Gasteiger partial charge in [-0.3, -0.25) is 14.4 Å². The second kappa shape index (κ2) is 13.7. The smallest absolute Gasteiger partial charge is 0.407 e. The number of aromatic nitrogens is 5. The third-order valence-corrected chi connectivity index (χ3v) is 6.23. The molecule has 220 valence electrons. The molecular weight excluding hydrogens is 528 g/mol. The first-order chi connectivity index (χ1) is 19.4. The van der Waals surface area contributed by atoms with E-state index in [1.165, 1.54) is 35.0 Å². The molecule has 0 aliphatic heterocycles. The summed E-state index contributed by atoms with van der Waals surface area (Å²) in [5.41, 5.74) is 1.83. The Morgan fingerprint density at radius 2 is 1.98 bits per heavy atom. The molecule has 0 saturated heterocycles. The van der Waals surface area contributed by atoms with Gasteiger partial charge in [-0.2, -0.15) is 0 Å². The van der Waals surface area contributed by atoms with E-state index in [0.717, 1.165) is 18.5 Å². The molecule has 13 nitrogen and oxygen atoms in total. The lowest BCUT2D eigenvalue weighted by molar-refractivity contribution is -0.123. The number of aromatic amines is 1. The third kappa shape index (κ3) is 8.98. The summed E-state index contributed by atoms with van der Waals surface area (Å²) < 4.78 is 6.05. The van der Waals surface area contributed by atoms with E-state index in [2.05, 4.69) is 56.1 Å². The second-order valence-electron chi connectivity index (χ2n) is 11.0. The summed E-state index contributed by atoms with van der Waals surface area (Å²) in [6.45, 7) is 6.61. The number of methoxy groups -OCH3 is 1. The van der Waals surface area contributed by atoms with Crippen LogP contribution >= 0.6 is 0 Å².